The summed E-state index contributed by atoms with van der Waals surface area (Å²) in [6.45, 7) is 6.55. The number of aromatic nitrogens is 1. The van der Waals surface area contributed by atoms with Gasteiger partial charge in [0.05, 0.1) is 12.2 Å². The maximum absolute atomic E-state index is 12.1. The van der Waals surface area contributed by atoms with E-state index in [1.165, 1.54) is 0 Å². The van der Waals surface area contributed by atoms with Gasteiger partial charge in [0.1, 0.15) is 11.5 Å². The summed E-state index contributed by atoms with van der Waals surface area (Å²) >= 11 is 1.74. The van der Waals surface area contributed by atoms with Gasteiger partial charge in [0.15, 0.2) is 0 Å². The van der Waals surface area contributed by atoms with Crippen LogP contribution in [0.5, 0.6) is 0 Å². The van der Waals surface area contributed by atoms with Crippen LogP contribution >= 0.6 is 11.8 Å². The van der Waals surface area contributed by atoms with E-state index in [0.717, 1.165) is 34.2 Å². The first-order chi connectivity index (χ1) is 11.1. The number of urea groups is 1. The highest BCUT2D eigenvalue weighted by atomic mass is 32.2. The predicted octanol–water partition coefficient (Wildman–Crippen LogP) is 4.62. The Balaban J connectivity index is 1.89. The molecule has 0 unspecified atom stereocenters. The zero-order valence-electron chi connectivity index (χ0n) is 13.8. The maximum Gasteiger partial charge on any atom is 0.319 e. The highest BCUT2D eigenvalue weighted by molar-refractivity contribution is 7.99. The second kappa shape index (κ2) is 8.62. The predicted molar refractivity (Wildman–Crippen MR) is 93.9 cm³/mol. The highest BCUT2D eigenvalue weighted by Crippen LogP contribution is 2.27. The van der Waals surface area contributed by atoms with Crippen LogP contribution in [-0.4, -0.2) is 16.9 Å². The van der Waals surface area contributed by atoms with Gasteiger partial charge in [-0.1, -0.05) is 38.1 Å². The van der Waals surface area contributed by atoms with E-state index >= 15 is 0 Å². The molecule has 23 heavy (non-hydrogen) atoms. The third-order valence-electron chi connectivity index (χ3n) is 3.17. The molecule has 5 nitrogen and oxygen atoms in total. The number of para-hydroxylation sites is 1. The molecule has 2 aromatic rings. The number of anilines is 1. The fourth-order valence-electron chi connectivity index (χ4n) is 1.93. The largest absolute Gasteiger partial charge is 0.361 e. The molecule has 0 atom stereocenters. The number of carbonyl (C=O) groups is 1. The van der Waals surface area contributed by atoms with Crippen LogP contribution in [-0.2, 0) is 6.54 Å². The van der Waals surface area contributed by atoms with E-state index in [1.807, 2.05) is 44.2 Å². The second-order valence-corrected chi connectivity index (χ2v) is 6.66. The Hall–Kier alpha value is -1.95. The summed E-state index contributed by atoms with van der Waals surface area (Å²) < 4.78 is 5.22. The third kappa shape index (κ3) is 5.32. The first-order valence-corrected chi connectivity index (χ1v) is 8.81. The molecule has 124 valence electrons. The summed E-state index contributed by atoms with van der Waals surface area (Å²) in [7, 11) is 0. The number of benzene rings is 1. The average molecular weight is 333 g/mol. The summed E-state index contributed by atoms with van der Waals surface area (Å²) in [5, 5.41) is 9.64. The Bertz CT molecular complexity index is 640. The van der Waals surface area contributed by atoms with Gasteiger partial charge in [-0.2, -0.15) is 0 Å². The number of hydrogen-bond acceptors (Lipinski definition) is 4. The zero-order valence-corrected chi connectivity index (χ0v) is 14.6. The van der Waals surface area contributed by atoms with Gasteiger partial charge in [0.25, 0.3) is 0 Å². The van der Waals surface area contributed by atoms with Crippen molar-refractivity contribution in [2.24, 2.45) is 0 Å². The van der Waals surface area contributed by atoms with Crippen molar-refractivity contribution in [3.8, 4) is 0 Å². The van der Waals surface area contributed by atoms with E-state index in [2.05, 4.69) is 22.7 Å². The molecule has 0 fully saturated rings. The van der Waals surface area contributed by atoms with Crippen LogP contribution in [0, 0.1) is 0 Å². The van der Waals surface area contributed by atoms with Gasteiger partial charge in [0, 0.05) is 16.9 Å². The summed E-state index contributed by atoms with van der Waals surface area (Å²) in [5.41, 5.74) is 1.55. The summed E-state index contributed by atoms with van der Waals surface area (Å²) in [6, 6.07) is 9.44. The summed E-state index contributed by atoms with van der Waals surface area (Å²) in [4.78, 5) is 13.1. The van der Waals surface area contributed by atoms with E-state index in [9.17, 15) is 4.79 Å². The molecule has 0 saturated carbocycles. The van der Waals surface area contributed by atoms with Crippen molar-refractivity contribution in [1.82, 2.24) is 10.5 Å². The molecule has 0 aliphatic rings. The lowest BCUT2D eigenvalue weighted by molar-refractivity contribution is 0.251. The lowest BCUT2D eigenvalue weighted by Gasteiger charge is -2.10. The lowest BCUT2D eigenvalue weighted by Crippen LogP contribution is -2.28. The quantitative estimate of drug-likeness (QED) is 0.725. The second-order valence-electron chi connectivity index (χ2n) is 5.53. The van der Waals surface area contributed by atoms with E-state index in [1.54, 1.807) is 11.8 Å². The molecule has 2 N–H and O–H groups in total. The number of rotatable bonds is 7. The standard InChI is InChI=1S/C17H23N3O2S/c1-4-9-23-16-8-6-5-7-14(16)19-17(21)18-11-13-10-15(12(2)3)22-20-13/h5-8,10,12H,4,9,11H2,1-3H3,(H2,18,19,21). The molecule has 0 saturated heterocycles. The van der Waals surface area contributed by atoms with Crippen molar-refractivity contribution >= 4 is 23.5 Å². The van der Waals surface area contributed by atoms with Gasteiger partial charge in [0.2, 0.25) is 0 Å². The molecule has 1 aromatic carbocycles. The molecule has 1 heterocycles. The molecule has 0 aliphatic heterocycles. The maximum atomic E-state index is 12.1. The van der Waals surface area contributed by atoms with Gasteiger partial charge in [-0.05, 0) is 24.3 Å². The Morgan fingerprint density at radius 1 is 1.35 bits per heavy atom. The van der Waals surface area contributed by atoms with Crippen LogP contribution in [0.15, 0.2) is 39.8 Å². The smallest absolute Gasteiger partial charge is 0.319 e. The van der Waals surface area contributed by atoms with Crippen LogP contribution in [0.2, 0.25) is 0 Å². The minimum atomic E-state index is -0.247. The topological polar surface area (TPSA) is 67.2 Å². The monoisotopic (exact) mass is 333 g/mol. The molecule has 0 radical (unpaired) electrons. The average Bonchev–Trinajstić information content (AvgIpc) is 3.01. The molecule has 1 aromatic heterocycles. The van der Waals surface area contributed by atoms with Crippen molar-refractivity contribution in [1.29, 1.82) is 0 Å². The van der Waals surface area contributed by atoms with Crippen molar-refractivity contribution < 1.29 is 9.32 Å². The van der Waals surface area contributed by atoms with E-state index < -0.39 is 0 Å². The molecule has 0 spiro atoms. The number of hydrogen-bond donors (Lipinski definition) is 2. The van der Waals surface area contributed by atoms with Crippen LogP contribution in [0.4, 0.5) is 10.5 Å². The molecular weight excluding hydrogens is 310 g/mol. The van der Waals surface area contributed by atoms with Crippen LogP contribution in [0.1, 0.15) is 44.6 Å². The van der Waals surface area contributed by atoms with Gasteiger partial charge in [-0.25, -0.2) is 4.79 Å². The minimum absolute atomic E-state index is 0.247. The summed E-state index contributed by atoms with van der Waals surface area (Å²) in [6.07, 6.45) is 1.09. The zero-order chi connectivity index (χ0) is 16.7. The lowest BCUT2D eigenvalue weighted by atomic mass is 10.1. The minimum Gasteiger partial charge on any atom is -0.361 e. The number of nitrogens with zero attached hydrogens (tertiary/aromatic N) is 1. The van der Waals surface area contributed by atoms with Crippen molar-refractivity contribution in [3.63, 3.8) is 0 Å². The number of thioether (sulfide) groups is 1. The Labute approximate surface area is 141 Å². The van der Waals surface area contributed by atoms with Crippen molar-refractivity contribution in [2.45, 2.75) is 44.6 Å². The molecule has 0 bridgehead atoms. The summed E-state index contributed by atoms with van der Waals surface area (Å²) in [5.74, 6) is 2.13. The van der Waals surface area contributed by atoms with Crippen LogP contribution in [0.3, 0.4) is 0 Å². The SMILES string of the molecule is CCCSc1ccccc1NC(=O)NCc1cc(C(C)C)on1. The van der Waals surface area contributed by atoms with E-state index in [4.69, 9.17) is 4.52 Å². The number of carbonyl (C=O) groups excluding carboxylic acids is 1. The van der Waals surface area contributed by atoms with Crippen molar-refractivity contribution in [3.05, 3.63) is 41.8 Å². The van der Waals surface area contributed by atoms with Gasteiger partial charge in [-0.15, -0.1) is 11.8 Å². The first kappa shape index (κ1) is 17.4. The molecule has 2 amide bonds. The Kier molecular flexibility index (Phi) is 6.52. The fraction of sp³-hybridized carbons (Fsp3) is 0.412. The Morgan fingerprint density at radius 3 is 2.83 bits per heavy atom. The molecule has 0 aliphatic carbocycles. The third-order valence-corrected chi connectivity index (χ3v) is 4.45. The molecule has 6 heteroatoms. The van der Waals surface area contributed by atoms with Gasteiger partial charge in [-0.3, -0.25) is 0 Å². The molecular formula is C17H23N3O2S. The van der Waals surface area contributed by atoms with Crippen molar-refractivity contribution in [2.75, 3.05) is 11.1 Å². The fourth-order valence-corrected chi connectivity index (χ4v) is 2.80. The number of amides is 2. The Morgan fingerprint density at radius 2 is 2.13 bits per heavy atom. The van der Waals surface area contributed by atoms with Gasteiger partial charge >= 0.3 is 6.03 Å². The number of nitrogens with one attached hydrogen (secondary N) is 2. The normalized spacial score (nSPS) is 10.8. The van der Waals surface area contributed by atoms with Gasteiger partial charge < -0.3 is 15.2 Å². The first-order valence-electron chi connectivity index (χ1n) is 7.82. The van der Waals surface area contributed by atoms with Crippen LogP contribution < -0.4 is 10.6 Å². The molecule has 2 rings (SSSR count). The highest BCUT2D eigenvalue weighted by Gasteiger charge is 2.10. The van der Waals surface area contributed by atoms with E-state index in [-0.39, 0.29) is 11.9 Å². The van der Waals surface area contributed by atoms with Crippen LogP contribution in [0.25, 0.3) is 0 Å². The van der Waals surface area contributed by atoms with E-state index in [0.29, 0.717) is 6.54 Å².